The Balaban J connectivity index is 1.52. The topological polar surface area (TPSA) is 54.5 Å². The highest BCUT2D eigenvalue weighted by Gasteiger charge is 2.23. The van der Waals surface area contributed by atoms with Crippen molar-refractivity contribution in [3.8, 4) is 16.3 Å². The maximum atomic E-state index is 12.6. The molecule has 146 valence electrons. The second-order valence-corrected chi connectivity index (χ2v) is 7.85. The van der Waals surface area contributed by atoms with Crippen molar-refractivity contribution in [1.82, 2.24) is 15.2 Å². The molecule has 0 spiro atoms. The van der Waals surface area contributed by atoms with Gasteiger partial charge in [0.15, 0.2) is 0 Å². The lowest BCUT2D eigenvalue weighted by Crippen LogP contribution is -2.39. The van der Waals surface area contributed by atoms with Crippen LogP contribution in [0.4, 0.5) is 0 Å². The number of hydrogen-bond donors (Lipinski definition) is 1. The first-order valence-electron chi connectivity index (χ1n) is 9.79. The molecule has 0 aliphatic carbocycles. The molecule has 27 heavy (non-hydrogen) atoms. The minimum atomic E-state index is 0.200. The van der Waals surface area contributed by atoms with E-state index in [1.165, 1.54) is 6.42 Å². The zero-order valence-corrected chi connectivity index (χ0v) is 17.1. The lowest BCUT2D eigenvalue weighted by molar-refractivity contribution is -0.131. The van der Waals surface area contributed by atoms with Gasteiger partial charge >= 0.3 is 0 Å². The summed E-state index contributed by atoms with van der Waals surface area (Å²) >= 11 is 1.59. The third-order valence-corrected chi connectivity index (χ3v) is 6.01. The standard InChI is InChI=1S/C21H29N3O2S/c1-3-26-19-6-4-17(5-7-19)21-23-18(15-27-21)14-20(25)24-12-9-16(10-13-24)8-11-22-2/h4-7,15-16,22H,3,8-14H2,1-2H3. The van der Waals surface area contributed by atoms with E-state index >= 15 is 0 Å². The fourth-order valence-electron chi connectivity index (χ4n) is 3.47. The molecule has 1 aliphatic heterocycles. The molecule has 5 nitrogen and oxygen atoms in total. The molecule has 1 amide bonds. The number of ether oxygens (including phenoxy) is 1. The van der Waals surface area contributed by atoms with Crippen LogP contribution >= 0.6 is 11.3 Å². The molecule has 1 aromatic heterocycles. The van der Waals surface area contributed by atoms with Crippen molar-refractivity contribution < 1.29 is 9.53 Å². The number of carbonyl (C=O) groups is 1. The molecule has 0 unspecified atom stereocenters. The molecule has 3 rings (SSSR count). The Bertz CT molecular complexity index is 721. The van der Waals surface area contributed by atoms with Crippen LogP contribution in [-0.4, -0.2) is 49.1 Å². The summed E-state index contributed by atoms with van der Waals surface area (Å²) in [4.78, 5) is 19.3. The smallest absolute Gasteiger partial charge is 0.228 e. The number of hydrogen-bond acceptors (Lipinski definition) is 5. The zero-order chi connectivity index (χ0) is 19.1. The van der Waals surface area contributed by atoms with Gasteiger partial charge in [-0.25, -0.2) is 4.98 Å². The second-order valence-electron chi connectivity index (χ2n) is 6.99. The van der Waals surface area contributed by atoms with E-state index in [4.69, 9.17) is 4.74 Å². The van der Waals surface area contributed by atoms with Crippen molar-refractivity contribution in [2.45, 2.75) is 32.6 Å². The van der Waals surface area contributed by atoms with Gasteiger partial charge in [0.05, 0.1) is 18.7 Å². The summed E-state index contributed by atoms with van der Waals surface area (Å²) in [7, 11) is 1.99. The van der Waals surface area contributed by atoms with Gasteiger partial charge in [-0.2, -0.15) is 0 Å². The third kappa shape index (κ3) is 5.53. The highest BCUT2D eigenvalue weighted by molar-refractivity contribution is 7.13. The molecule has 0 bridgehead atoms. The normalized spacial score (nSPS) is 15.1. The first kappa shape index (κ1) is 19.8. The van der Waals surface area contributed by atoms with Crippen LogP contribution in [0.1, 0.15) is 31.9 Å². The molecule has 2 aromatic rings. The maximum Gasteiger partial charge on any atom is 0.228 e. The van der Waals surface area contributed by atoms with Crippen LogP contribution in [0.5, 0.6) is 5.75 Å². The summed E-state index contributed by atoms with van der Waals surface area (Å²) in [6.07, 6.45) is 3.83. The molecule has 0 radical (unpaired) electrons. The van der Waals surface area contributed by atoms with Crippen molar-refractivity contribution >= 4 is 17.2 Å². The molecule has 0 saturated carbocycles. The summed E-state index contributed by atoms with van der Waals surface area (Å²) in [6, 6.07) is 7.96. The molecule has 1 N–H and O–H groups in total. The van der Waals surface area contributed by atoms with Crippen LogP contribution in [0.15, 0.2) is 29.6 Å². The molecular weight excluding hydrogens is 358 g/mol. The number of thiazole rings is 1. The van der Waals surface area contributed by atoms with E-state index in [1.807, 2.05) is 48.5 Å². The van der Waals surface area contributed by atoms with Gasteiger partial charge < -0.3 is 15.0 Å². The Hall–Kier alpha value is -1.92. The largest absolute Gasteiger partial charge is 0.494 e. The molecule has 6 heteroatoms. The van der Waals surface area contributed by atoms with E-state index in [0.717, 1.165) is 60.4 Å². The van der Waals surface area contributed by atoms with E-state index in [9.17, 15) is 4.79 Å². The molecule has 0 atom stereocenters. The van der Waals surface area contributed by atoms with Crippen LogP contribution in [0.3, 0.4) is 0 Å². The highest BCUT2D eigenvalue weighted by Crippen LogP contribution is 2.26. The van der Waals surface area contributed by atoms with Gasteiger partial charge in [-0.05, 0) is 70.0 Å². The summed E-state index contributed by atoms with van der Waals surface area (Å²) in [6.45, 7) is 5.45. The Morgan fingerprint density at radius 2 is 2.04 bits per heavy atom. The van der Waals surface area contributed by atoms with E-state index in [-0.39, 0.29) is 5.91 Å². The van der Waals surface area contributed by atoms with Crippen molar-refractivity contribution in [2.75, 3.05) is 33.3 Å². The Morgan fingerprint density at radius 1 is 1.30 bits per heavy atom. The minimum absolute atomic E-state index is 0.200. The maximum absolute atomic E-state index is 12.6. The van der Waals surface area contributed by atoms with Crippen molar-refractivity contribution in [1.29, 1.82) is 0 Å². The Kier molecular flexibility index (Phi) is 7.24. The second kappa shape index (κ2) is 9.85. The van der Waals surface area contributed by atoms with E-state index < -0.39 is 0 Å². The van der Waals surface area contributed by atoms with E-state index in [0.29, 0.717) is 13.0 Å². The first-order valence-corrected chi connectivity index (χ1v) is 10.7. The molecule has 1 saturated heterocycles. The summed E-state index contributed by atoms with van der Waals surface area (Å²) in [5.41, 5.74) is 1.93. The highest BCUT2D eigenvalue weighted by atomic mass is 32.1. The van der Waals surface area contributed by atoms with E-state index in [2.05, 4.69) is 10.3 Å². The fourth-order valence-corrected chi connectivity index (χ4v) is 4.29. The van der Waals surface area contributed by atoms with Crippen LogP contribution in [0.25, 0.3) is 10.6 Å². The summed E-state index contributed by atoms with van der Waals surface area (Å²) < 4.78 is 5.48. The minimum Gasteiger partial charge on any atom is -0.494 e. The average Bonchev–Trinajstić information content (AvgIpc) is 3.16. The van der Waals surface area contributed by atoms with Crippen LogP contribution in [0.2, 0.25) is 0 Å². The number of piperidine rings is 1. The number of amides is 1. The number of carbonyl (C=O) groups excluding carboxylic acids is 1. The van der Waals surface area contributed by atoms with Crippen molar-refractivity contribution in [2.24, 2.45) is 5.92 Å². The van der Waals surface area contributed by atoms with Crippen molar-refractivity contribution in [3.05, 3.63) is 35.3 Å². The van der Waals surface area contributed by atoms with Gasteiger partial charge in [-0.1, -0.05) is 0 Å². The third-order valence-electron chi connectivity index (χ3n) is 5.07. The monoisotopic (exact) mass is 387 g/mol. The number of benzene rings is 1. The van der Waals surface area contributed by atoms with Gasteiger partial charge in [0.2, 0.25) is 5.91 Å². The van der Waals surface area contributed by atoms with Crippen LogP contribution in [0, 0.1) is 5.92 Å². The van der Waals surface area contributed by atoms with Gasteiger partial charge in [0.25, 0.3) is 0 Å². The van der Waals surface area contributed by atoms with Gasteiger partial charge in [0, 0.05) is 24.0 Å². The molecule has 1 aromatic carbocycles. The van der Waals surface area contributed by atoms with E-state index in [1.54, 1.807) is 11.3 Å². The first-order chi connectivity index (χ1) is 13.2. The number of nitrogens with zero attached hydrogens (tertiary/aromatic N) is 2. The van der Waals surface area contributed by atoms with Crippen molar-refractivity contribution in [3.63, 3.8) is 0 Å². The Labute approximate surface area is 165 Å². The predicted molar refractivity (Wildman–Crippen MR) is 110 cm³/mol. The fraction of sp³-hybridized carbons (Fsp3) is 0.524. The molecule has 2 heterocycles. The lowest BCUT2D eigenvalue weighted by Gasteiger charge is -2.32. The number of aromatic nitrogens is 1. The Morgan fingerprint density at radius 3 is 2.70 bits per heavy atom. The number of likely N-dealkylation sites (tertiary alicyclic amines) is 1. The summed E-state index contributed by atoms with van der Waals surface area (Å²) in [5.74, 6) is 1.81. The summed E-state index contributed by atoms with van der Waals surface area (Å²) in [5, 5.41) is 6.17. The van der Waals surface area contributed by atoms with Gasteiger partial charge in [-0.15, -0.1) is 11.3 Å². The molecule has 1 fully saturated rings. The number of nitrogens with one attached hydrogen (secondary N) is 1. The van der Waals surface area contributed by atoms with Crippen LogP contribution in [-0.2, 0) is 11.2 Å². The van der Waals surface area contributed by atoms with Gasteiger partial charge in [0.1, 0.15) is 10.8 Å². The zero-order valence-electron chi connectivity index (χ0n) is 16.2. The average molecular weight is 388 g/mol. The molecule has 1 aliphatic rings. The predicted octanol–water partition coefficient (Wildman–Crippen LogP) is 3.60. The quantitative estimate of drug-likeness (QED) is 0.752. The SMILES string of the molecule is CCOc1ccc(-c2nc(CC(=O)N3CCC(CCNC)CC3)cs2)cc1. The lowest BCUT2D eigenvalue weighted by atomic mass is 9.93. The van der Waals surface area contributed by atoms with Crippen LogP contribution < -0.4 is 10.1 Å². The van der Waals surface area contributed by atoms with Gasteiger partial charge in [-0.3, -0.25) is 4.79 Å². The number of rotatable bonds is 8. The molecular formula is C21H29N3O2S.